The first-order valence-electron chi connectivity index (χ1n) is 1.52. The predicted molar refractivity (Wildman–Crippen MR) is 31.1 cm³/mol. The van der Waals surface area contributed by atoms with Crippen LogP contribution >= 0.6 is 24.0 Å². The second kappa shape index (κ2) is 4.46. The maximum Gasteiger partial charge on any atom is 0.284 e. The molecule has 0 atom stereocenters. The molecule has 0 saturated carbocycles. The molecule has 0 aromatic carbocycles. The minimum absolute atomic E-state index is 0.132. The van der Waals surface area contributed by atoms with Gasteiger partial charge in [0.15, 0.2) is 0 Å². The second-order valence-corrected chi connectivity index (χ2v) is 1.98. The number of thioether (sulfide) groups is 1. The normalized spacial score (nSPS) is 9.57. The van der Waals surface area contributed by atoms with Crippen LogP contribution in [0.1, 0.15) is 0 Å². The van der Waals surface area contributed by atoms with Crippen LogP contribution in [0.25, 0.3) is 0 Å². The van der Waals surface area contributed by atoms with E-state index in [0.717, 1.165) is 0 Å². The van der Waals surface area contributed by atoms with Gasteiger partial charge in [0.05, 0.1) is 0 Å². The highest BCUT2D eigenvalue weighted by atomic mass is 32.2. The topological polar surface area (TPSA) is 0 Å². The molecule has 0 N–H and O–H groups in total. The number of halogens is 2. The van der Waals surface area contributed by atoms with Crippen LogP contribution in [-0.4, -0.2) is 16.9 Å². The molecule has 0 aliphatic rings. The van der Waals surface area contributed by atoms with Gasteiger partial charge in [-0.05, 0) is 0 Å². The molecule has 0 fully saturated rings. The van der Waals surface area contributed by atoms with Gasteiger partial charge in [0.1, 0.15) is 0 Å². The number of hydrogen-bond acceptors (Lipinski definition) is 2. The Labute approximate surface area is 50.3 Å². The summed E-state index contributed by atoms with van der Waals surface area (Å²) in [6, 6.07) is 0. The smallest absolute Gasteiger partial charge is 0.198 e. The van der Waals surface area contributed by atoms with Crippen molar-refractivity contribution in [1.82, 2.24) is 0 Å². The van der Waals surface area contributed by atoms with Crippen molar-refractivity contribution in [3.8, 4) is 0 Å². The molecule has 41 valence electrons. The van der Waals surface area contributed by atoms with E-state index in [9.17, 15) is 8.78 Å². The van der Waals surface area contributed by atoms with Crippen LogP contribution in [-0.2, 0) is 0 Å². The van der Waals surface area contributed by atoms with Gasteiger partial charge in [0.2, 0.25) is 0 Å². The third-order valence-electron chi connectivity index (χ3n) is 0.268. The van der Waals surface area contributed by atoms with E-state index in [0.29, 0.717) is 11.8 Å². The van der Waals surface area contributed by atoms with Crippen LogP contribution in [0.3, 0.4) is 0 Å². The highest BCUT2D eigenvalue weighted by molar-refractivity contribution is 8.01. The monoisotopic (exact) mass is 141 g/mol. The van der Waals surface area contributed by atoms with Gasteiger partial charge in [-0.1, -0.05) is 24.0 Å². The van der Waals surface area contributed by atoms with Gasteiger partial charge in [0, 0.05) is 11.1 Å². The molecule has 0 unspecified atom stereocenters. The van der Waals surface area contributed by atoms with E-state index >= 15 is 0 Å². The van der Waals surface area contributed by atoms with Crippen LogP contribution in [0.2, 0.25) is 0 Å². The molecule has 0 bridgehead atoms. The molecule has 4 heteroatoms. The fourth-order valence-electron chi connectivity index (χ4n) is 0.0970. The van der Waals surface area contributed by atoms with E-state index in [-0.39, 0.29) is 5.75 Å². The largest absolute Gasteiger partial charge is 0.284 e. The summed E-state index contributed by atoms with van der Waals surface area (Å²) in [5, 5.41) is 2.17. The molecule has 0 aliphatic carbocycles. The Kier molecular flexibility index (Phi) is 4.65. The first kappa shape index (κ1) is 7.30. The Morgan fingerprint density at radius 1 is 1.71 bits per heavy atom. The van der Waals surface area contributed by atoms with Gasteiger partial charge in [-0.15, -0.1) is 0 Å². The van der Waals surface area contributed by atoms with Crippen molar-refractivity contribution in [2.75, 3.05) is 5.75 Å². The van der Waals surface area contributed by atoms with Gasteiger partial charge >= 0.3 is 0 Å². The zero-order chi connectivity index (χ0) is 5.70. The number of rotatable bonds is 3. The van der Waals surface area contributed by atoms with E-state index in [2.05, 4.69) is 17.6 Å². The lowest BCUT2D eigenvalue weighted by atomic mass is 11.0. The van der Waals surface area contributed by atoms with Crippen molar-refractivity contribution < 1.29 is 8.78 Å². The molecule has 0 saturated heterocycles. The van der Waals surface area contributed by atoms with Crippen molar-refractivity contribution in [2.24, 2.45) is 0 Å². The van der Waals surface area contributed by atoms with E-state index < -0.39 is 5.76 Å². The maximum absolute atomic E-state index is 11.1. The second-order valence-electron chi connectivity index (χ2n) is 0.716. The summed E-state index contributed by atoms with van der Waals surface area (Å²) in [6.07, 6.45) is 0. The lowest BCUT2D eigenvalue weighted by Gasteiger charge is -1.88. The molecule has 0 nitrogen and oxygen atoms in total. The van der Waals surface area contributed by atoms with Crippen LogP contribution < -0.4 is 0 Å². The number of alkyl halides is 2. The summed E-state index contributed by atoms with van der Waals surface area (Å²) in [5.74, 6) is -2.18. The molecular formula is C3H3F2S2. The average molecular weight is 141 g/mol. The summed E-state index contributed by atoms with van der Waals surface area (Å²) < 4.78 is 22.2. The fourth-order valence-corrected chi connectivity index (χ4v) is 0.495. The van der Waals surface area contributed by atoms with E-state index in [1.807, 2.05) is 0 Å². The summed E-state index contributed by atoms with van der Waals surface area (Å²) in [5.41, 5.74) is 0. The van der Waals surface area contributed by atoms with Crippen molar-refractivity contribution in [1.29, 1.82) is 0 Å². The molecule has 0 aromatic rings. The molecule has 0 aromatic heterocycles. The lowest BCUT2D eigenvalue weighted by molar-refractivity contribution is 0.252. The van der Waals surface area contributed by atoms with Crippen LogP contribution in [0, 0.1) is 0 Å². The zero-order valence-electron chi connectivity index (χ0n) is 3.36. The van der Waals surface area contributed by atoms with E-state index in [4.69, 9.17) is 0 Å². The van der Waals surface area contributed by atoms with Crippen LogP contribution in [0.15, 0.2) is 0 Å². The minimum atomic E-state index is -2.31. The van der Waals surface area contributed by atoms with Gasteiger partial charge in [-0.2, -0.15) is 8.78 Å². The summed E-state index contributed by atoms with van der Waals surface area (Å²) >= 11 is 4.65. The summed E-state index contributed by atoms with van der Waals surface area (Å²) in [6.45, 7) is 0. The summed E-state index contributed by atoms with van der Waals surface area (Å²) in [4.78, 5) is 0. The highest BCUT2D eigenvalue weighted by Gasteiger charge is 1.97. The first-order valence-corrected chi connectivity index (χ1v) is 2.98. The van der Waals surface area contributed by atoms with Crippen LogP contribution in [0.4, 0.5) is 8.78 Å². The molecule has 0 spiro atoms. The number of hydrogen-bond donors (Lipinski definition) is 0. The van der Waals surface area contributed by atoms with Gasteiger partial charge in [0.25, 0.3) is 5.76 Å². The molecule has 1 radical (unpaired) electrons. The third kappa shape index (κ3) is 6.30. The molecule has 0 amide bonds. The average Bonchev–Trinajstić information content (AvgIpc) is 1.61. The van der Waals surface area contributed by atoms with Crippen molar-refractivity contribution in [3.05, 3.63) is 0 Å². The Bertz CT molecular complexity index is 54.9. The standard InChI is InChI=1S/C3H3F2S2/c4-3(5)7-2-1-6/h3H,2H2. The van der Waals surface area contributed by atoms with Crippen LogP contribution in [0.5, 0.6) is 0 Å². The predicted octanol–water partition coefficient (Wildman–Crippen LogP) is 1.82. The molecular weight excluding hydrogens is 138 g/mol. The van der Waals surface area contributed by atoms with Gasteiger partial charge in [-0.3, -0.25) is 0 Å². The van der Waals surface area contributed by atoms with Gasteiger partial charge < -0.3 is 0 Å². The van der Waals surface area contributed by atoms with Gasteiger partial charge in [-0.25, -0.2) is 0 Å². The minimum Gasteiger partial charge on any atom is -0.198 e. The lowest BCUT2D eigenvalue weighted by Crippen LogP contribution is -1.83. The SMILES string of the molecule is FC(F)SC[C]=S. The fraction of sp³-hybridized carbons (Fsp3) is 0.667. The maximum atomic E-state index is 11.1. The molecule has 0 heterocycles. The quantitative estimate of drug-likeness (QED) is 0.550. The third-order valence-corrected chi connectivity index (χ3v) is 1.16. The Morgan fingerprint density at radius 2 is 2.29 bits per heavy atom. The van der Waals surface area contributed by atoms with E-state index in [1.54, 1.807) is 0 Å². The molecule has 0 aliphatic heterocycles. The first-order chi connectivity index (χ1) is 3.27. The molecule has 7 heavy (non-hydrogen) atoms. The van der Waals surface area contributed by atoms with Crippen molar-refractivity contribution in [2.45, 2.75) is 5.76 Å². The Morgan fingerprint density at radius 3 is 2.43 bits per heavy atom. The van der Waals surface area contributed by atoms with Crippen molar-refractivity contribution >= 4 is 29.3 Å². The number of thiocarbonyl (C=S) groups is 1. The van der Waals surface area contributed by atoms with E-state index in [1.165, 1.54) is 0 Å². The Hall–Kier alpha value is 0.300. The Balaban J connectivity index is 2.81. The highest BCUT2D eigenvalue weighted by Crippen LogP contribution is 2.10. The zero-order valence-corrected chi connectivity index (χ0v) is 4.99. The summed E-state index contributed by atoms with van der Waals surface area (Å²) in [7, 11) is 0. The van der Waals surface area contributed by atoms with Crippen molar-refractivity contribution in [3.63, 3.8) is 0 Å². The molecule has 0 rings (SSSR count).